The van der Waals surface area contributed by atoms with Crippen LogP contribution < -0.4 is 33.6 Å². The first-order valence-electron chi connectivity index (χ1n) is 14.5. The summed E-state index contributed by atoms with van der Waals surface area (Å²) in [6, 6.07) is 8.42. The number of hydrogen-bond acceptors (Lipinski definition) is 15. The van der Waals surface area contributed by atoms with Gasteiger partial charge in [0, 0.05) is 12.6 Å². The summed E-state index contributed by atoms with van der Waals surface area (Å²) in [4.78, 5) is 2.25. The summed E-state index contributed by atoms with van der Waals surface area (Å²) < 4.78 is 98.9. The zero-order valence-electron chi connectivity index (χ0n) is 26.4. The molecule has 0 saturated carbocycles. The molecule has 0 atom stereocenters. The second-order valence-corrected chi connectivity index (χ2v) is 15.7. The minimum atomic E-state index is -4.36. The molecule has 1 heterocycles. The van der Waals surface area contributed by atoms with Crippen molar-refractivity contribution >= 4 is 42.4 Å². The molecule has 0 bridgehead atoms. The van der Waals surface area contributed by atoms with Crippen molar-refractivity contribution in [1.82, 2.24) is 4.90 Å². The van der Waals surface area contributed by atoms with Gasteiger partial charge in [0.1, 0.15) is 11.6 Å². The predicted octanol–water partition coefficient (Wildman–Crippen LogP) is 1.62. The number of nitrogen functional groups attached to an aromatic ring is 1. The number of nitrogens with zero attached hydrogens (tertiary/aromatic N) is 2. The Labute approximate surface area is 275 Å². The summed E-state index contributed by atoms with van der Waals surface area (Å²) in [5.41, 5.74) is 5.97. The molecule has 0 radical (unpaired) electrons. The molecule has 0 aromatic heterocycles. The Balaban J connectivity index is 1.61. The van der Waals surface area contributed by atoms with E-state index in [4.69, 9.17) is 39.0 Å². The molecule has 5 N–H and O–H groups in total. The minimum Gasteiger partial charge on any atom is -0.494 e. The number of ether oxygens (including phenoxy) is 2. The molecule has 2 aromatic rings. The maximum Gasteiger partial charge on any atom is 0.306 e. The third-order valence-corrected chi connectivity index (χ3v) is 8.28. The molecule has 0 amide bonds. The van der Waals surface area contributed by atoms with Crippen LogP contribution >= 0.6 is 0 Å². The van der Waals surface area contributed by atoms with Gasteiger partial charge < -0.3 is 38.5 Å². The fourth-order valence-electron chi connectivity index (χ4n) is 4.88. The van der Waals surface area contributed by atoms with Crippen LogP contribution in [0.5, 0.6) is 28.7 Å². The Bertz CT molecular complexity index is 1740. The maximum absolute atomic E-state index is 12.1. The van der Waals surface area contributed by atoms with Crippen LogP contribution in [0.15, 0.2) is 35.4 Å². The van der Waals surface area contributed by atoms with Crippen LogP contribution in [0.25, 0.3) is 0 Å². The number of piperidine rings is 1. The van der Waals surface area contributed by atoms with Gasteiger partial charge in [-0.1, -0.05) is 0 Å². The predicted molar refractivity (Wildman–Crippen MR) is 176 cm³/mol. The molecule has 1 aliphatic rings. The van der Waals surface area contributed by atoms with Gasteiger partial charge in [-0.25, -0.2) is 0 Å². The smallest absolute Gasteiger partial charge is 0.306 e. The van der Waals surface area contributed by atoms with Crippen LogP contribution in [0.4, 0.5) is 0 Å². The lowest BCUT2D eigenvalue weighted by molar-refractivity contribution is 0.160. The van der Waals surface area contributed by atoms with Crippen molar-refractivity contribution in [1.29, 1.82) is 5.41 Å². The second kappa shape index (κ2) is 16.3. The highest BCUT2D eigenvalue weighted by molar-refractivity contribution is 7.86. The highest BCUT2D eigenvalue weighted by atomic mass is 32.2. The number of nitrogens with one attached hydrogen (secondary N) is 1. The fraction of sp³-hybridized carbons (Fsp3) is 0.500. The topological polar surface area (TPSA) is 240 Å². The zero-order chi connectivity index (χ0) is 34.8. The first-order valence-corrected chi connectivity index (χ1v) is 19.9. The zero-order valence-corrected chi connectivity index (χ0v) is 28.8. The van der Waals surface area contributed by atoms with Gasteiger partial charge in [0.25, 0.3) is 0 Å². The molecule has 0 unspecified atom stereocenters. The normalized spacial score (nSPS) is 15.0. The van der Waals surface area contributed by atoms with E-state index in [9.17, 15) is 25.3 Å². The monoisotopic (exact) mass is 719 g/mol. The summed E-state index contributed by atoms with van der Waals surface area (Å²) >= 11 is 0. The number of nitrogens with two attached hydrogens (primary N) is 2. The van der Waals surface area contributed by atoms with E-state index in [1.165, 1.54) is 0 Å². The van der Waals surface area contributed by atoms with Crippen molar-refractivity contribution in [2.75, 3.05) is 51.6 Å². The van der Waals surface area contributed by atoms with Crippen molar-refractivity contribution in [3.63, 3.8) is 0 Å². The van der Waals surface area contributed by atoms with Gasteiger partial charge in [-0.05, 0) is 80.9 Å². The largest absolute Gasteiger partial charge is 0.494 e. The molecule has 262 valence electrons. The summed E-state index contributed by atoms with van der Waals surface area (Å²) in [5, 5.41) is 11.3. The molecule has 2 aromatic carbocycles. The third-order valence-electron chi connectivity index (χ3n) is 6.86. The average Bonchev–Trinajstić information content (AvgIpc) is 2.95. The number of likely N-dealkylation sites (tertiary alicyclic amines) is 1. The van der Waals surface area contributed by atoms with Crippen LogP contribution in [-0.2, 0) is 30.4 Å². The minimum absolute atomic E-state index is 0.0603. The van der Waals surface area contributed by atoms with E-state index in [1.807, 2.05) is 24.3 Å². The van der Waals surface area contributed by atoms with Gasteiger partial charge in [0.2, 0.25) is 17.2 Å². The number of benzene rings is 2. The number of hydrazone groups is 1. The Morgan fingerprint density at radius 1 is 0.872 bits per heavy atom. The molecule has 16 nitrogen and oxygen atoms in total. The maximum atomic E-state index is 12.1. The van der Waals surface area contributed by atoms with Gasteiger partial charge in [0.05, 0.1) is 43.8 Å². The van der Waals surface area contributed by atoms with Gasteiger partial charge in [0.15, 0.2) is 5.75 Å². The van der Waals surface area contributed by atoms with Crippen LogP contribution in [0, 0.1) is 11.3 Å². The van der Waals surface area contributed by atoms with Gasteiger partial charge >= 0.3 is 30.4 Å². The van der Waals surface area contributed by atoms with Crippen molar-refractivity contribution in [3.05, 3.63) is 41.5 Å². The van der Waals surface area contributed by atoms with E-state index in [0.717, 1.165) is 62.4 Å². The Morgan fingerprint density at radius 3 is 2.00 bits per heavy atom. The average molecular weight is 720 g/mol. The summed E-state index contributed by atoms with van der Waals surface area (Å²) in [6.07, 6.45) is 8.06. The Kier molecular flexibility index (Phi) is 13.1. The highest BCUT2D eigenvalue weighted by Gasteiger charge is 2.31. The number of hydrogen-bond donors (Lipinski definition) is 3. The molecule has 1 saturated heterocycles. The van der Waals surface area contributed by atoms with Crippen LogP contribution in [-0.4, -0.2) is 93.8 Å². The lowest BCUT2D eigenvalue weighted by Gasteiger charge is -2.32. The fourth-order valence-corrected chi connectivity index (χ4v) is 6.25. The van der Waals surface area contributed by atoms with Crippen LogP contribution in [0.2, 0.25) is 0 Å². The molecule has 47 heavy (non-hydrogen) atoms. The third kappa shape index (κ3) is 13.1. The van der Waals surface area contributed by atoms with E-state index < -0.39 is 64.8 Å². The molecule has 1 aliphatic heterocycles. The second-order valence-electron chi connectivity index (χ2n) is 11.0. The van der Waals surface area contributed by atoms with E-state index in [-0.39, 0.29) is 6.61 Å². The molecule has 1 fully saturated rings. The molecular formula is C28H41N5O11S3. The van der Waals surface area contributed by atoms with Crippen molar-refractivity contribution in [2.45, 2.75) is 32.1 Å². The highest BCUT2D eigenvalue weighted by Crippen LogP contribution is 2.48. The Morgan fingerprint density at radius 2 is 1.45 bits per heavy atom. The summed E-state index contributed by atoms with van der Waals surface area (Å²) in [7, 11) is -12.9. The SMILES string of the molecule is CS(=O)(=O)Oc1cc(C(=N)N)c(OS(C)(=O)=O)c(OS(C)(=O)=O)c1OCCCN1CCC(CCCOc2ccc(/C=N/N)cc2)CC1. The van der Waals surface area contributed by atoms with Gasteiger partial charge in [-0.2, -0.15) is 30.4 Å². The van der Waals surface area contributed by atoms with E-state index in [1.54, 1.807) is 6.21 Å². The molecule has 19 heteroatoms. The summed E-state index contributed by atoms with van der Waals surface area (Å²) in [5.74, 6) is 3.01. The molecule has 0 spiro atoms. The Hall–Kier alpha value is -3.81. The molecule has 0 aliphatic carbocycles. The van der Waals surface area contributed by atoms with Crippen LogP contribution in [0.1, 0.15) is 43.2 Å². The van der Waals surface area contributed by atoms with E-state index in [0.29, 0.717) is 38.0 Å². The first-order chi connectivity index (χ1) is 21.9. The van der Waals surface area contributed by atoms with E-state index >= 15 is 0 Å². The molecular weight excluding hydrogens is 679 g/mol. The van der Waals surface area contributed by atoms with Crippen LogP contribution in [0.3, 0.4) is 0 Å². The summed E-state index contributed by atoms with van der Waals surface area (Å²) in [6.45, 7) is 2.89. The van der Waals surface area contributed by atoms with Crippen molar-refractivity contribution in [3.8, 4) is 28.7 Å². The number of rotatable bonds is 18. The van der Waals surface area contributed by atoms with E-state index in [2.05, 4.69) is 10.0 Å². The van der Waals surface area contributed by atoms with Crippen molar-refractivity contribution < 1.29 is 47.3 Å². The van der Waals surface area contributed by atoms with Crippen molar-refractivity contribution in [2.24, 2.45) is 22.6 Å². The van der Waals surface area contributed by atoms with Gasteiger partial charge in [-0.3, -0.25) is 5.41 Å². The quantitative estimate of drug-likeness (QED) is 0.0496. The number of amidine groups is 1. The first kappa shape index (κ1) is 37.6. The lowest BCUT2D eigenvalue weighted by Crippen LogP contribution is -2.35. The lowest BCUT2D eigenvalue weighted by atomic mass is 9.92. The van der Waals surface area contributed by atoms with Gasteiger partial charge in [-0.15, -0.1) is 0 Å². The molecule has 3 rings (SSSR count). The standard InChI is InChI=1S/C28H41N5O11S3/c1-45(34,35)42-24-18-23(28(29)30)25(43-46(2,36)37)27(44-47(3,38)39)26(24)41-17-5-13-33-14-11-20(12-15-33)6-4-16-40-22-9-7-21(8-10-22)19-32-31/h7-10,18-20H,4-6,11-17,31H2,1-3H3,(H3,29,30)/b32-19+.